The van der Waals surface area contributed by atoms with Crippen molar-refractivity contribution in [3.8, 4) is 0 Å². The highest BCUT2D eigenvalue weighted by Crippen LogP contribution is 2.16. The minimum Gasteiger partial charge on any atom is -0.465 e. The van der Waals surface area contributed by atoms with E-state index in [0.717, 1.165) is 0 Å². The molecule has 0 atom stereocenters. The van der Waals surface area contributed by atoms with Gasteiger partial charge in [-0.15, -0.1) is 0 Å². The molecule has 8 heteroatoms. The number of thioether (sulfide) groups is 1. The number of rotatable bonds is 7. The van der Waals surface area contributed by atoms with Gasteiger partial charge in [-0.1, -0.05) is 12.1 Å². The number of carbonyl (C=O) groups is 3. The van der Waals surface area contributed by atoms with Gasteiger partial charge in [0.15, 0.2) is 0 Å². The molecule has 1 aromatic rings. The normalized spacial score (nSPS) is 10.7. The van der Waals surface area contributed by atoms with E-state index in [9.17, 15) is 14.4 Å². The van der Waals surface area contributed by atoms with E-state index in [1.165, 1.54) is 18.9 Å². The molecule has 0 bridgehead atoms. The summed E-state index contributed by atoms with van der Waals surface area (Å²) in [6.45, 7) is 5.76. The molecule has 1 aromatic carbocycles. The SMILES string of the molecule is COC(=O)c1ccccc1NC(=O)CSCCNC(=O)OC(C)(C)C. The molecule has 7 nitrogen and oxygen atoms in total. The lowest BCUT2D eigenvalue weighted by atomic mass is 10.2. The number of alkyl carbamates (subject to hydrolysis) is 1. The van der Waals surface area contributed by atoms with Crippen molar-refractivity contribution in [1.29, 1.82) is 0 Å². The fourth-order valence-corrected chi connectivity index (χ4v) is 2.42. The third kappa shape index (κ3) is 8.44. The van der Waals surface area contributed by atoms with Gasteiger partial charge in [0.25, 0.3) is 0 Å². The number of para-hydroxylation sites is 1. The average Bonchev–Trinajstić information content (AvgIpc) is 2.52. The fraction of sp³-hybridized carbons (Fsp3) is 0.471. The lowest BCUT2D eigenvalue weighted by Gasteiger charge is -2.19. The van der Waals surface area contributed by atoms with E-state index in [4.69, 9.17) is 4.74 Å². The molecule has 0 radical (unpaired) electrons. The zero-order valence-corrected chi connectivity index (χ0v) is 15.7. The van der Waals surface area contributed by atoms with E-state index >= 15 is 0 Å². The van der Waals surface area contributed by atoms with Crippen molar-refractivity contribution in [1.82, 2.24) is 5.32 Å². The first-order valence-electron chi connectivity index (χ1n) is 7.74. The maximum Gasteiger partial charge on any atom is 0.407 e. The number of benzene rings is 1. The van der Waals surface area contributed by atoms with Gasteiger partial charge in [0.1, 0.15) is 5.60 Å². The molecule has 0 saturated heterocycles. The van der Waals surface area contributed by atoms with Crippen molar-refractivity contribution in [2.45, 2.75) is 26.4 Å². The van der Waals surface area contributed by atoms with Crippen LogP contribution in [0.1, 0.15) is 31.1 Å². The standard InChI is InChI=1S/C17H24N2O5S/c1-17(2,3)24-16(22)18-9-10-25-11-14(20)19-13-8-6-5-7-12(13)15(21)23-4/h5-8H,9-11H2,1-4H3,(H,18,22)(H,19,20). The Morgan fingerprint density at radius 2 is 1.84 bits per heavy atom. The second kappa shape index (κ2) is 9.93. The number of methoxy groups -OCH3 is 1. The summed E-state index contributed by atoms with van der Waals surface area (Å²) in [6, 6.07) is 6.64. The van der Waals surface area contributed by atoms with Crippen LogP contribution in [-0.2, 0) is 14.3 Å². The van der Waals surface area contributed by atoms with E-state index < -0.39 is 17.7 Å². The zero-order valence-electron chi connectivity index (χ0n) is 14.9. The lowest BCUT2D eigenvalue weighted by Crippen LogP contribution is -2.33. The molecule has 0 aliphatic rings. The molecule has 1 rings (SSSR count). The van der Waals surface area contributed by atoms with E-state index in [2.05, 4.69) is 15.4 Å². The Labute approximate surface area is 151 Å². The molecule has 0 saturated carbocycles. The van der Waals surface area contributed by atoms with E-state index in [1.807, 2.05) is 0 Å². The summed E-state index contributed by atoms with van der Waals surface area (Å²) in [5, 5.41) is 5.30. The van der Waals surface area contributed by atoms with Gasteiger partial charge >= 0.3 is 12.1 Å². The fourth-order valence-electron chi connectivity index (χ4n) is 1.77. The summed E-state index contributed by atoms with van der Waals surface area (Å²) in [7, 11) is 1.29. The van der Waals surface area contributed by atoms with Gasteiger partial charge in [-0.2, -0.15) is 11.8 Å². The molecule has 25 heavy (non-hydrogen) atoms. The van der Waals surface area contributed by atoms with Crippen molar-refractivity contribution >= 4 is 35.4 Å². The number of carbonyl (C=O) groups excluding carboxylic acids is 3. The predicted molar refractivity (Wildman–Crippen MR) is 98.0 cm³/mol. The second-order valence-electron chi connectivity index (χ2n) is 6.07. The summed E-state index contributed by atoms with van der Waals surface area (Å²) in [5.41, 5.74) is 0.172. The zero-order chi connectivity index (χ0) is 18.9. The topological polar surface area (TPSA) is 93.7 Å². The summed E-state index contributed by atoms with van der Waals surface area (Å²) >= 11 is 1.36. The Morgan fingerprint density at radius 3 is 2.48 bits per heavy atom. The van der Waals surface area contributed by atoms with Gasteiger partial charge in [0.2, 0.25) is 5.91 Å². The maximum atomic E-state index is 12.0. The summed E-state index contributed by atoms with van der Waals surface area (Å²) < 4.78 is 9.79. The highest BCUT2D eigenvalue weighted by atomic mass is 32.2. The largest absolute Gasteiger partial charge is 0.465 e. The molecule has 0 heterocycles. The van der Waals surface area contributed by atoms with Crippen molar-refractivity contribution in [2.75, 3.05) is 30.5 Å². The molecule has 0 aliphatic carbocycles. The van der Waals surface area contributed by atoms with E-state index in [1.54, 1.807) is 45.0 Å². The van der Waals surface area contributed by atoms with E-state index in [-0.39, 0.29) is 11.7 Å². The summed E-state index contributed by atoms with van der Waals surface area (Å²) in [4.78, 5) is 35.1. The number of esters is 1. The number of amides is 2. The molecule has 0 fully saturated rings. The van der Waals surface area contributed by atoms with Crippen molar-refractivity contribution in [3.63, 3.8) is 0 Å². The molecule has 2 amide bonds. The van der Waals surface area contributed by atoms with E-state index in [0.29, 0.717) is 23.5 Å². The van der Waals surface area contributed by atoms with Crippen LogP contribution in [0.4, 0.5) is 10.5 Å². The van der Waals surface area contributed by atoms with Gasteiger partial charge in [-0.3, -0.25) is 4.79 Å². The Morgan fingerprint density at radius 1 is 1.16 bits per heavy atom. The maximum absolute atomic E-state index is 12.0. The lowest BCUT2D eigenvalue weighted by molar-refractivity contribution is -0.113. The Hall–Kier alpha value is -2.22. The molecular weight excluding hydrogens is 344 g/mol. The molecule has 138 valence electrons. The number of nitrogens with one attached hydrogen (secondary N) is 2. The molecule has 0 aromatic heterocycles. The Bertz CT molecular complexity index is 613. The van der Waals surface area contributed by atoms with Crippen LogP contribution in [0.5, 0.6) is 0 Å². The minimum atomic E-state index is -0.538. The van der Waals surface area contributed by atoms with Crippen LogP contribution in [0.3, 0.4) is 0 Å². The van der Waals surface area contributed by atoms with Crippen LogP contribution in [0, 0.1) is 0 Å². The van der Waals surface area contributed by atoms with Gasteiger partial charge in [0, 0.05) is 12.3 Å². The molecular formula is C17H24N2O5S. The first-order chi connectivity index (χ1) is 11.7. The Kier molecular flexibility index (Phi) is 8.27. The molecule has 0 aliphatic heterocycles. The number of hydrogen-bond donors (Lipinski definition) is 2. The van der Waals surface area contributed by atoms with Gasteiger partial charge in [-0.05, 0) is 32.9 Å². The first-order valence-corrected chi connectivity index (χ1v) is 8.90. The predicted octanol–water partition coefficient (Wildman–Crippen LogP) is 2.67. The van der Waals surface area contributed by atoms with Crippen LogP contribution < -0.4 is 10.6 Å². The van der Waals surface area contributed by atoms with Crippen LogP contribution in [-0.4, -0.2) is 48.7 Å². The summed E-state index contributed by atoms with van der Waals surface area (Å²) in [6.07, 6.45) is -0.482. The number of ether oxygens (including phenoxy) is 2. The first kappa shape index (κ1) is 20.8. The van der Waals surface area contributed by atoms with Crippen molar-refractivity contribution in [2.24, 2.45) is 0 Å². The third-order valence-corrected chi connectivity index (χ3v) is 3.71. The second-order valence-corrected chi connectivity index (χ2v) is 7.17. The quantitative estimate of drug-likeness (QED) is 0.568. The van der Waals surface area contributed by atoms with Crippen LogP contribution in [0.2, 0.25) is 0 Å². The average molecular weight is 368 g/mol. The third-order valence-electron chi connectivity index (χ3n) is 2.75. The number of hydrogen-bond acceptors (Lipinski definition) is 6. The van der Waals surface area contributed by atoms with Crippen LogP contribution in [0.15, 0.2) is 24.3 Å². The molecule has 2 N–H and O–H groups in total. The molecule has 0 unspecified atom stereocenters. The number of anilines is 1. The Balaban J connectivity index is 2.33. The highest BCUT2D eigenvalue weighted by molar-refractivity contribution is 7.99. The van der Waals surface area contributed by atoms with Crippen molar-refractivity contribution in [3.05, 3.63) is 29.8 Å². The van der Waals surface area contributed by atoms with Crippen LogP contribution in [0.25, 0.3) is 0 Å². The van der Waals surface area contributed by atoms with Gasteiger partial charge in [-0.25, -0.2) is 9.59 Å². The van der Waals surface area contributed by atoms with Gasteiger partial charge < -0.3 is 20.1 Å². The minimum absolute atomic E-state index is 0.200. The van der Waals surface area contributed by atoms with Crippen LogP contribution >= 0.6 is 11.8 Å². The molecule has 0 spiro atoms. The highest BCUT2D eigenvalue weighted by Gasteiger charge is 2.16. The summed E-state index contributed by atoms with van der Waals surface area (Å²) in [5.74, 6) is 0.0142. The smallest absolute Gasteiger partial charge is 0.407 e. The monoisotopic (exact) mass is 368 g/mol. The van der Waals surface area contributed by atoms with Gasteiger partial charge in [0.05, 0.1) is 24.1 Å². The van der Waals surface area contributed by atoms with Crippen molar-refractivity contribution < 1.29 is 23.9 Å².